The second kappa shape index (κ2) is 7.96. The molecule has 1 aliphatic heterocycles. The van der Waals surface area contributed by atoms with E-state index in [1.165, 1.54) is 7.11 Å². The van der Waals surface area contributed by atoms with Crippen molar-refractivity contribution >= 4 is 5.97 Å². The average Bonchev–Trinajstić information content (AvgIpc) is 2.46. The van der Waals surface area contributed by atoms with E-state index >= 15 is 0 Å². The van der Waals surface area contributed by atoms with Crippen molar-refractivity contribution < 1.29 is 14.3 Å². The molecule has 2 unspecified atom stereocenters. The number of hydrogen-bond acceptors (Lipinski definition) is 5. The molecule has 0 aromatic carbocycles. The highest BCUT2D eigenvalue weighted by Crippen LogP contribution is 2.22. The molecule has 1 rings (SSSR count). The Morgan fingerprint density at radius 3 is 2.45 bits per heavy atom. The molecule has 0 bridgehead atoms. The van der Waals surface area contributed by atoms with Crippen molar-refractivity contribution in [3.63, 3.8) is 0 Å². The van der Waals surface area contributed by atoms with Gasteiger partial charge >= 0.3 is 5.97 Å². The molecule has 1 aliphatic rings. The fourth-order valence-electron chi connectivity index (χ4n) is 3.12. The summed E-state index contributed by atoms with van der Waals surface area (Å²) < 4.78 is 10.4. The van der Waals surface area contributed by atoms with Gasteiger partial charge in [0.05, 0.1) is 13.2 Å². The zero-order valence-corrected chi connectivity index (χ0v) is 13.6. The molecule has 5 heteroatoms. The topological polar surface area (TPSA) is 50.8 Å². The molecule has 0 aliphatic carbocycles. The normalized spacial score (nSPS) is 22.2. The van der Waals surface area contributed by atoms with E-state index in [9.17, 15) is 4.79 Å². The fourth-order valence-corrected chi connectivity index (χ4v) is 3.12. The smallest absolute Gasteiger partial charge is 0.325 e. The molecule has 1 N–H and O–H groups in total. The highest BCUT2D eigenvalue weighted by atomic mass is 16.5. The lowest BCUT2D eigenvalue weighted by Gasteiger charge is -2.39. The molecule has 118 valence electrons. The third-order valence-electron chi connectivity index (χ3n) is 4.34. The summed E-state index contributed by atoms with van der Waals surface area (Å²) in [6, 6.07) is 0.343. The highest BCUT2D eigenvalue weighted by Gasteiger charge is 2.37. The summed E-state index contributed by atoms with van der Waals surface area (Å²) in [5, 5.41) is 3.27. The average molecular weight is 286 g/mol. The zero-order chi connectivity index (χ0) is 15.2. The van der Waals surface area contributed by atoms with E-state index in [4.69, 9.17) is 9.47 Å². The molecule has 0 aromatic heterocycles. The van der Waals surface area contributed by atoms with Gasteiger partial charge in [-0.2, -0.15) is 0 Å². The fraction of sp³-hybridized carbons (Fsp3) is 0.933. The minimum Gasteiger partial charge on any atom is -0.468 e. The summed E-state index contributed by atoms with van der Waals surface area (Å²) in [5.74, 6) is -0.182. The van der Waals surface area contributed by atoms with Crippen molar-refractivity contribution in [2.75, 3.05) is 33.9 Å². The van der Waals surface area contributed by atoms with Crippen molar-refractivity contribution in [3.05, 3.63) is 0 Å². The summed E-state index contributed by atoms with van der Waals surface area (Å²) in [5.41, 5.74) is -0.610. The molecular formula is C15H30N2O3. The van der Waals surface area contributed by atoms with Gasteiger partial charge in [0, 0.05) is 26.2 Å². The maximum atomic E-state index is 12.0. The van der Waals surface area contributed by atoms with Crippen LogP contribution in [0.5, 0.6) is 0 Å². The van der Waals surface area contributed by atoms with E-state index < -0.39 is 5.54 Å². The third kappa shape index (κ3) is 4.43. The number of ether oxygens (including phenoxy) is 2. The second-order valence-corrected chi connectivity index (χ2v) is 5.88. The number of likely N-dealkylation sites (tertiary alicyclic amines) is 1. The van der Waals surface area contributed by atoms with Crippen LogP contribution in [0.3, 0.4) is 0 Å². The summed E-state index contributed by atoms with van der Waals surface area (Å²) >= 11 is 0. The number of carbonyl (C=O) groups is 1. The molecule has 0 saturated carbocycles. The van der Waals surface area contributed by atoms with Crippen LogP contribution in [0, 0.1) is 0 Å². The Balaban J connectivity index is 2.58. The third-order valence-corrected chi connectivity index (χ3v) is 4.34. The lowest BCUT2D eigenvalue weighted by atomic mass is 9.91. The summed E-state index contributed by atoms with van der Waals surface area (Å²) in [7, 11) is 3.23. The van der Waals surface area contributed by atoms with E-state index in [0.717, 1.165) is 38.9 Å². The van der Waals surface area contributed by atoms with Gasteiger partial charge in [0.25, 0.3) is 0 Å². The standard InChI is InChI=1S/C15H30N2O3/c1-6-16-15(3,14(18)20-5)11-12(2)17-9-7-13(19-4)8-10-17/h12-13,16H,6-11H2,1-5H3. The lowest BCUT2D eigenvalue weighted by molar-refractivity contribution is -0.148. The van der Waals surface area contributed by atoms with Gasteiger partial charge in [-0.05, 0) is 39.7 Å². The van der Waals surface area contributed by atoms with Crippen LogP contribution in [-0.2, 0) is 14.3 Å². The minimum atomic E-state index is -0.610. The van der Waals surface area contributed by atoms with E-state index in [1.807, 2.05) is 13.8 Å². The molecule has 0 spiro atoms. The summed E-state index contributed by atoms with van der Waals surface area (Å²) in [6.07, 6.45) is 3.28. The largest absolute Gasteiger partial charge is 0.468 e. The Labute approximate surface area is 123 Å². The number of methoxy groups -OCH3 is 2. The maximum Gasteiger partial charge on any atom is 0.325 e. The Bertz CT molecular complexity index is 303. The van der Waals surface area contributed by atoms with E-state index in [2.05, 4.69) is 17.1 Å². The van der Waals surface area contributed by atoms with Gasteiger partial charge in [0.15, 0.2) is 0 Å². The number of likely N-dealkylation sites (N-methyl/N-ethyl adjacent to an activating group) is 1. The van der Waals surface area contributed by atoms with Crippen molar-refractivity contribution in [1.82, 2.24) is 10.2 Å². The van der Waals surface area contributed by atoms with Crippen LogP contribution in [0.1, 0.15) is 40.0 Å². The number of carbonyl (C=O) groups excluding carboxylic acids is 1. The quantitative estimate of drug-likeness (QED) is 0.717. The SMILES string of the molecule is CCNC(C)(CC(C)N1CCC(OC)CC1)C(=O)OC. The first-order chi connectivity index (χ1) is 9.46. The molecular weight excluding hydrogens is 256 g/mol. The molecule has 1 saturated heterocycles. The number of nitrogens with one attached hydrogen (secondary N) is 1. The number of piperidine rings is 1. The number of nitrogens with zero attached hydrogens (tertiary/aromatic N) is 1. The Kier molecular flexibility index (Phi) is 6.92. The maximum absolute atomic E-state index is 12.0. The van der Waals surface area contributed by atoms with Gasteiger partial charge < -0.3 is 19.7 Å². The van der Waals surface area contributed by atoms with Crippen LogP contribution in [0.25, 0.3) is 0 Å². The Morgan fingerprint density at radius 2 is 2.00 bits per heavy atom. The van der Waals surface area contributed by atoms with Gasteiger partial charge in [-0.3, -0.25) is 4.79 Å². The van der Waals surface area contributed by atoms with Gasteiger partial charge in [0.1, 0.15) is 5.54 Å². The Hall–Kier alpha value is -0.650. The molecule has 5 nitrogen and oxygen atoms in total. The van der Waals surface area contributed by atoms with Crippen LogP contribution >= 0.6 is 0 Å². The van der Waals surface area contributed by atoms with Crippen LogP contribution in [0.2, 0.25) is 0 Å². The molecule has 1 fully saturated rings. The monoisotopic (exact) mass is 286 g/mol. The summed E-state index contributed by atoms with van der Waals surface area (Å²) in [4.78, 5) is 14.5. The molecule has 0 radical (unpaired) electrons. The number of esters is 1. The molecule has 0 amide bonds. The Morgan fingerprint density at radius 1 is 1.40 bits per heavy atom. The van der Waals surface area contributed by atoms with Gasteiger partial charge in [0.2, 0.25) is 0 Å². The van der Waals surface area contributed by atoms with E-state index in [1.54, 1.807) is 7.11 Å². The predicted molar refractivity (Wildman–Crippen MR) is 79.8 cm³/mol. The van der Waals surface area contributed by atoms with Crippen molar-refractivity contribution in [2.24, 2.45) is 0 Å². The number of rotatable bonds is 7. The van der Waals surface area contributed by atoms with Crippen molar-refractivity contribution in [1.29, 1.82) is 0 Å². The van der Waals surface area contributed by atoms with Gasteiger partial charge in [-0.1, -0.05) is 6.92 Å². The predicted octanol–water partition coefficient (Wildman–Crippen LogP) is 1.42. The lowest BCUT2D eigenvalue weighted by Crippen LogP contribution is -2.54. The van der Waals surface area contributed by atoms with Crippen LogP contribution in [0.4, 0.5) is 0 Å². The number of hydrogen-bond donors (Lipinski definition) is 1. The van der Waals surface area contributed by atoms with Gasteiger partial charge in [-0.25, -0.2) is 0 Å². The first-order valence-corrected chi connectivity index (χ1v) is 7.57. The first kappa shape index (κ1) is 17.4. The van der Waals surface area contributed by atoms with E-state index in [-0.39, 0.29) is 5.97 Å². The summed E-state index contributed by atoms with van der Waals surface area (Å²) in [6.45, 7) is 8.94. The minimum absolute atomic E-state index is 0.182. The second-order valence-electron chi connectivity index (χ2n) is 5.88. The molecule has 2 atom stereocenters. The zero-order valence-electron chi connectivity index (χ0n) is 13.6. The van der Waals surface area contributed by atoms with Gasteiger partial charge in [-0.15, -0.1) is 0 Å². The first-order valence-electron chi connectivity index (χ1n) is 7.57. The molecule has 20 heavy (non-hydrogen) atoms. The van der Waals surface area contributed by atoms with Crippen molar-refractivity contribution in [3.8, 4) is 0 Å². The van der Waals surface area contributed by atoms with E-state index in [0.29, 0.717) is 12.1 Å². The highest BCUT2D eigenvalue weighted by molar-refractivity contribution is 5.80. The molecule has 1 heterocycles. The van der Waals surface area contributed by atoms with Crippen molar-refractivity contribution in [2.45, 2.75) is 57.7 Å². The molecule has 0 aromatic rings. The van der Waals surface area contributed by atoms with Crippen LogP contribution in [-0.4, -0.2) is 62.4 Å². The van der Waals surface area contributed by atoms with Crippen LogP contribution < -0.4 is 5.32 Å². The van der Waals surface area contributed by atoms with Crippen LogP contribution in [0.15, 0.2) is 0 Å².